The zero-order chi connectivity index (χ0) is 18.1. The van der Waals surface area contributed by atoms with Crippen molar-refractivity contribution in [3.63, 3.8) is 0 Å². The molecule has 0 saturated heterocycles. The van der Waals surface area contributed by atoms with E-state index in [0.29, 0.717) is 35.7 Å². The minimum atomic E-state index is -0.261. The molecule has 0 radical (unpaired) electrons. The summed E-state index contributed by atoms with van der Waals surface area (Å²) in [4.78, 5) is 35.8. The minimum Gasteiger partial charge on any atom is -0.466 e. The molecule has 0 fully saturated rings. The van der Waals surface area contributed by atoms with E-state index in [2.05, 4.69) is 10.6 Å². The average molecular weight is 360 g/mol. The van der Waals surface area contributed by atoms with E-state index in [1.807, 2.05) is 11.4 Å². The van der Waals surface area contributed by atoms with E-state index in [0.717, 1.165) is 0 Å². The molecule has 0 saturated carbocycles. The summed E-state index contributed by atoms with van der Waals surface area (Å²) in [7, 11) is 0. The summed E-state index contributed by atoms with van der Waals surface area (Å²) in [6, 6.07) is 10.2. The zero-order valence-corrected chi connectivity index (χ0v) is 14.7. The van der Waals surface area contributed by atoms with Gasteiger partial charge < -0.3 is 15.4 Å². The number of rotatable bonds is 8. The molecule has 2 N–H and O–H groups in total. The van der Waals surface area contributed by atoms with Crippen LogP contribution in [0.3, 0.4) is 0 Å². The molecule has 2 rings (SSSR count). The third kappa shape index (κ3) is 6.04. The van der Waals surface area contributed by atoms with Gasteiger partial charge in [-0.2, -0.15) is 0 Å². The van der Waals surface area contributed by atoms with Gasteiger partial charge in [0.2, 0.25) is 0 Å². The molecule has 0 atom stereocenters. The van der Waals surface area contributed by atoms with Crippen LogP contribution < -0.4 is 10.6 Å². The van der Waals surface area contributed by atoms with E-state index < -0.39 is 0 Å². The second-order valence-corrected chi connectivity index (χ2v) is 6.12. The number of carbonyl (C=O) groups is 3. The van der Waals surface area contributed by atoms with Crippen LogP contribution in [0.15, 0.2) is 41.8 Å². The first-order valence-electron chi connectivity index (χ1n) is 7.99. The molecule has 25 heavy (non-hydrogen) atoms. The highest BCUT2D eigenvalue weighted by molar-refractivity contribution is 7.12. The predicted molar refractivity (Wildman–Crippen MR) is 96.9 cm³/mol. The molecule has 0 unspecified atom stereocenters. The molecule has 1 aromatic carbocycles. The second kappa shape index (κ2) is 9.58. The fourth-order valence-corrected chi connectivity index (χ4v) is 2.69. The predicted octanol–water partition coefficient (Wildman–Crippen LogP) is 3.07. The van der Waals surface area contributed by atoms with E-state index in [-0.39, 0.29) is 24.2 Å². The van der Waals surface area contributed by atoms with Gasteiger partial charge >= 0.3 is 5.97 Å². The van der Waals surface area contributed by atoms with Gasteiger partial charge in [0.25, 0.3) is 11.8 Å². The summed E-state index contributed by atoms with van der Waals surface area (Å²) in [6.07, 6.45) is 0.807. The molecule has 2 aromatic rings. The Balaban J connectivity index is 1.78. The summed E-state index contributed by atoms with van der Waals surface area (Å²) < 4.78 is 4.82. The molecule has 0 spiro atoms. The first-order valence-corrected chi connectivity index (χ1v) is 8.87. The van der Waals surface area contributed by atoms with Crippen molar-refractivity contribution in [3.05, 3.63) is 52.2 Å². The molecule has 0 aliphatic carbocycles. The number of amides is 2. The lowest BCUT2D eigenvalue weighted by atomic mass is 10.2. The minimum absolute atomic E-state index is 0.175. The highest BCUT2D eigenvalue weighted by Gasteiger charge is 2.09. The third-order valence-electron chi connectivity index (χ3n) is 3.30. The van der Waals surface area contributed by atoms with Gasteiger partial charge in [0, 0.05) is 24.2 Å². The Hall–Kier alpha value is -2.67. The smallest absolute Gasteiger partial charge is 0.305 e. The number of benzene rings is 1. The molecule has 0 bridgehead atoms. The number of anilines is 1. The van der Waals surface area contributed by atoms with Gasteiger partial charge in [0.1, 0.15) is 0 Å². The summed E-state index contributed by atoms with van der Waals surface area (Å²) in [5, 5.41) is 7.36. The van der Waals surface area contributed by atoms with Crippen molar-refractivity contribution in [1.29, 1.82) is 0 Å². The molecular formula is C18H20N2O4S. The fraction of sp³-hybridized carbons (Fsp3) is 0.278. The van der Waals surface area contributed by atoms with E-state index in [9.17, 15) is 14.4 Å². The van der Waals surface area contributed by atoms with Crippen LogP contribution in [0.2, 0.25) is 0 Å². The maximum atomic E-state index is 12.0. The Morgan fingerprint density at radius 1 is 1.08 bits per heavy atom. The molecule has 7 heteroatoms. The first kappa shape index (κ1) is 18.7. The Labute approximate surface area is 150 Å². The number of thiophene rings is 1. The van der Waals surface area contributed by atoms with Crippen LogP contribution >= 0.6 is 11.3 Å². The number of hydrogen-bond acceptors (Lipinski definition) is 5. The van der Waals surface area contributed by atoms with Crippen LogP contribution in [0, 0.1) is 0 Å². The summed E-state index contributed by atoms with van der Waals surface area (Å²) in [5.41, 5.74) is 1.11. The van der Waals surface area contributed by atoms with Crippen LogP contribution in [-0.4, -0.2) is 30.9 Å². The van der Waals surface area contributed by atoms with Crippen LogP contribution in [-0.2, 0) is 9.53 Å². The van der Waals surface area contributed by atoms with Crippen molar-refractivity contribution in [1.82, 2.24) is 5.32 Å². The van der Waals surface area contributed by atoms with Gasteiger partial charge in [-0.3, -0.25) is 14.4 Å². The average Bonchev–Trinajstić information content (AvgIpc) is 3.14. The van der Waals surface area contributed by atoms with Gasteiger partial charge in [-0.1, -0.05) is 6.07 Å². The third-order valence-corrected chi connectivity index (χ3v) is 4.17. The molecule has 6 nitrogen and oxygen atoms in total. The number of carbonyl (C=O) groups excluding carboxylic acids is 3. The van der Waals surface area contributed by atoms with Crippen LogP contribution in [0.25, 0.3) is 0 Å². The first-order chi connectivity index (χ1) is 12.1. The summed E-state index contributed by atoms with van der Waals surface area (Å²) in [5.74, 6) is -0.659. The standard InChI is InChI=1S/C18H20N2O4S/c1-2-24-16(21)6-3-11-19-17(22)13-7-9-14(10-8-13)20-18(23)15-5-4-12-25-15/h4-5,7-10,12H,2-3,6,11H2,1H3,(H,19,22)(H,20,23). The summed E-state index contributed by atoms with van der Waals surface area (Å²) in [6.45, 7) is 2.52. The van der Waals surface area contributed by atoms with Gasteiger partial charge in [0.05, 0.1) is 11.5 Å². The van der Waals surface area contributed by atoms with Crippen molar-refractivity contribution < 1.29 is 19.1 Å². The van der Waals surface area contributed by atoms with Crippen molar-refractivity contribution in [2.75, 3.05) is 18.5 Å². The van der Waals surface area contributed by atoms with Crippen molar-refractivity contribution in [2.45, 2.75) is 19.8 Å². The maximum Gasteiger partial charge on any atom is 0.305 e. The highest BCUT2D eigenvalue weighted by Crippen LogP contribution is 2.14. The lowest BCUT2D eigenvalue weighted by Gasteiger charge is -2.07. The quantitative estimate of drug-likeness (QED) is 0.560. The van der Waals surface area contributed by atoms with Crippen molar-refractivity contribution in [2.24, 2.45) is 0 Å². The normalized spacial score (nSPS) is 10.1. The van der Waals surface area contributed by atoms with E-state index >= 15 is 0 Å². The monoisotopic (exact) mass is 360 g/mol. The Kier molecular flexibility index (Phi) is 7.16. The molecular weight excluding hydrogens is 340 g/mol. The SMILES string of the molecule is CCOC(=O)CCCNC(=O)c1ccc(NC(=O)c2cccs2)cc1. The van der Waals surface area contributed by atoms with E-state index in [1.54, 1.807) is 37.3 Å². The molecule has 0 aliphatic rings. The number of hydrogen-bond donors (Lipinski definition) is 2. The number of esters is 1. The van der Waals surface area contributed by atoms with Crippen molar-refractivity contribution in [3.8, 4) is 0 Å². The van der Waals surface area contributed by atoms with Crippen LogP contribution in [0.5, 0.6) is 0 Å². The topological polar surface area (TPSA) is 84.5 Å². The Morgan fingerprint density at radius 3 is 2.48 bits per heavy atom. The maximum absolute atomic E-state index is 12.0. The molecule has 0 aliphatic heterocycles. The van der Waals surface area contributed by atoms with Gasteiger partial charge in [-0.25, -0.2) is 0 Å². The van der Waals surface area contributed by atoms with Crippen LogP contribution in [0.4, 0.5) is 5.69 Å². The Morgan fingerprint density at radius 2 is 1.84 bits per heavy atom. The van der Waals surface area contributed by atoms with Gasteiger partial charge in [-0.05, 0) is 49.1 Å². The number of nitrogens with one attached hydrogen (secondary N) is 2. The lowest BCUT2D eigenvalue weighted by molar-refractivity contribution is -0.143. The van der Waals surface area contributed by atoms with Crippen LogP contribution in [0.1, 0.15) is 39.8 Å². The van der Waals surface area contributed by atoms with E-state index in [1.165, 1.54) is 11.3 Å². The Bertz CT molecular complexity index is 711. The molecule has 2 amide bonds. The van der Waals surface area contributed by atoms with Gasteiger partial charge in [0.15, 0.2) is 0 Å². The molecule has 1 aromatic heterocycles. The summed E-state index contributed by atoms with van der Waals surface area (Å²) >= 11 is 1.37. The lowest BCUT2D eigenvalue weighted by Crippen LogP contribution is -2.25. The van der Waals surface area contributed by atoms with Crippen molar-refractivity contribution >= 4 is 34.8 Å². The van der Waals surface area contributed by atoms with Gasteiger partial charge in [-0.15, -0.1) is 11.3 Å². The van der Waals surface area contributed by atoms with E-state index in [4.69, 9.17) is 4.74 Å². The number of ether oxygens (including phenoxy) is 1. The largest absolute Gasteiger partial charge is 0.466 e. The highest BCUT2D eigenvalue weighted by atomic mass is 32.1. The molecule has 132 valence electrons. The molecule has 1 heterocycles. The zero-order valence-electron chi connectivity index (χ0n) is 13.9. The fourth-order valence-electron chi connectivity index (χ4n) is 2.08. The second-order valence-electron chi connectivity index (χ2n) is 5.17.